The van der Waals surface area contributed by atoms with Crippen LogP contribution in [0.1, 0.15) is 59.7 Å². The van der Waals surface area contributed by atoms with Gasteiger partial charge in [-0.2, -0.15) is 20.3 Å². The van der Waals surface area contributed by atoms with Gasteiger partial charge in [0.1, 0.15) is 16.6 Å². The molecule has 0 saturated carbocycles. The number of fused-ring (bicyclic) bond motifs is 2. The van der Waals surface area contributed by atoms with Crippen molar-refractivity contribution in [2.75, 3.05) is 86.2 Å². The van der Waals surface area contributed by atoms with Crippen LogP contribution >= 0.6 is 34.0 Å². The summed E-state index contributed by atoms with van der Waals surface area (Å²) in [6.45, 7) is 9.58. The normalized spacial score (nSPS) is 15.7. The van der Waals surface area contributed by atoms with E-state index in [0.29, 0.717) is 94.3 Å². The quantitative estimate of drug-likeness (QED) is 0.0386. The zero-order valence-corrected chi connectivity index (χ0v) is 46.5. The smallest absolute Gasteiger partial charge is 0.303 e. The van der Waals surface area contributed by atoms with Crippen molar-refractivity contribution in [3.05, 3.63) is 113 Å². The Bertz CT molecular complexity index is 3500. The van der Waals surface area contributed by atoms with Gasteiger partial charge in [-0.25, -0.2) is 18.4 Å². The summed E-state index contributed by atoms with van der Waals surface area (Å²) in [4.78, 5) is 66.0. The number of nitrogens with zero attached hydrogens (tertiary/aromatic N) is 9. The SMILES string of the molecule is CCOc1ccccc1N/N=C1/C(=O)N(c2nc(-c3ccc(C(=O)NCCOCCOCC(=O)N4CCC(CN5CCCn6nc(C(=O)Nc7nc8ccc(NS(=O)(=O)c9cccs9)cc8s7)cc6C5)CC4)cc3)cs2)N=C1C. The van der Waals surface area contributed by atoms with Crippen LogP contribution in [0.15, 0.2) is 110 Å². The molecule has 7 aromatic rings. The molecule has 0 bridgehead atoms. The maximum atomic E-state index is 13.4. The highest BCUT2D eigenvalue weighted by atomic mass is 32.2. The molecule has 3 aromatic carbocycles. The van der Waals surface area contributed by atoms with E-state index >= 15 is 0 Å². The van der Waals surface area contributed by atoms with E-state index in [0.717, 1.165) is 59.6 Å². The molecule has 412 valence electrons. The maximum Gasteiger partial charge on any atom is 0.303 e. The number of thiophene rings is 1. The summed E-state index contributed by atoms with van der Waals surface area (Å²) in [5, 5.41) is 24.6. The van der Waals surface area contributed by atoms with Gasteiger partial charge in [-0.15, -0.1) is 22.7 Å². The molecule has 10 rings (SSSR count). The summed E-state index contributed by atoms with van der Waals surface area (Å²) in [5.74, 6) is -0.0461. The van der Waals surface area contributed by atoms with Gasteiger partial charge in [0, 0.05) is 62.3 Å². The Labute approximate surface area is 467 Å². The van der Waals surface area contributed by atoms with E-state index in [1.165, 1.54) is 27.7 Å². The van der Waals surface area contributed by atoms with E-state index in [1.807, 2.05) is 52.2 Å². The van der Waals surface area contributed by atoms with Crippen LogP contribution < -0.4 is 30.5 Å². The van der Waals surface area contributed by atoms with Gasteiger partial charge in [-0.05, 0) is 99.0 Å². The average molecular weight is 1150 g/mol. The van der Waals surface area contributed by atoms with Gasteiger partial charge in [0.25, 0.3) is 21.8 Å². The third kappa shape index (κ3) is 13.5. The maximum absolute atomic E-state index is 13.4. The molecular formula is C53H57N13O9S4. The Hall–Kier alpha value is -7.46. The molecule has 0 radical (unpaired) electrons. The Balaban J connectivity index is 0.590. The van der Waals surface area contributed by atoms with Crippen LogP contribution in [0.3, 0.4) is 0 Å². The number of rotatable bonds is 22. The molecule has 26 heteroatoms. The third-order valence-electron chi connectivity index (χ3n) is 13.1. The van der Waals surface area contributed by atoms with Crippen molar-refractivity contribution in [3.63, 3.8) is 0 Å². The highest BCUT2D eigenvalue weighted by Crippen LogP contribution is 2.33. The Morgan fingerprint density at radius 3 is 2.52 bits per heavy atom. The summed E-state index contributed by atoms with van der Waals surface area (Å²) in [5.41, 5.74) is 8.33. The van der Waals surface area contributed by atoms with Crippen molar-refractivity contribution in [1.29, 1.82) is 0 Å². The molecule has 7 heterocycles. The predicted octanol–water partition coefficient (Wildman–Crippen LogP) is 7.23. The third-order valence-corrected chi connectivity index (χ3v) is 17.7. The number of ether oxygens (including phenoxy) is 3. The molecule has 22 nitrogen and oxygen atoms in total. The monoisotopic (exact) mass is 1150 g/mol. The number of anilines is 4. The van der Waals surface area contributed by atoms with Crippen molar-refractivity contribution in [1.82, 2.24) is 34.9 Å². The van der Waals surface area contributed by atoms with E-state index in [9.17, 15) is 27.6 Å². The standard InChI is InChI=1S/C53H57N13O9S4/c1-3-75-44-9-5-4-8-40(44)58-59-48-34(2)60-66(51(48)70)53-56-43(33-77-53)36-11-13-37(14-12-36)49(68)54-19-24-73-25-26-74-32-46(67)64-22-17-35(18-23-64)30-63-20-7-21-65-39(31-63)29-42(61-65)50(69)57-52-55-41-16-15-38(28-45(41)78-52)62-79(71,72)47-10-6-27-76-47/h4-6,8-16,27-29,33,35,58,62H,3,7,17-26,30-32H2,1-2H3,(H,54,68)(H,55,57,69)/b59-48+. The van der Waals surface area contributed by atoms with Crippen LogP contribution in [-0.2, 0) is 42.2 Å². The summed E-state index contributed by atoms with van der Waals surface area (Å²) >= 11 is 3.66. The van der Waals surface area contributed by atoms with Gasteiger partial charge in [0.15, 0.2) is 16.5 Å². The molecule has 3 aliphatic rings. The lowest BCUT2D eigenvalue weighted by atomic mass is 9.96. The molecule has 1 saturated heterocycles. The topological polar surface area (TPSA) is 256 Å². The zero-order chi connectivity index (χ0) is 54.9. The second kappa shape index (κ2) is 25.1. The number of hydrogen-bond donors (Lipinski definition) is 4. The van der Waals surface area contributed by atoms with E-state index in [2.05, 4.69) is 51.0 Å². The highest BCUT2D eigenvalue weighted by molar-refractivity contribution is 7.94. The lowest BCUT2D eigenvalue weighted by Gasteiger charge is -2.34. The number of aryl methyl sites for hydroxylation is 1. The fourth-order valence-corrected chi connectivity index (χ4v) is 12.9. The second-order valence-electron chi connectivity index (χ2n) is 18.7. The van der Waals surface area contributed by atoms with E-state index in [4.69, 9.17) is 14.2 Å². The number of likely N-dealkylation sites (tertiary alicyclic amines) is 1. The molecule has 0 atom stereocenters. The number of thiazole rings is 2. The van der Waals surface area contributed by atoms with Crippen molar-refractivity contribution >= 4 is 111 Å². The molecular weight excluding hydrogens is 1090 g/mol. The largest absolute Gasteiger partial charge is 0.492 e. The fraction of sp³-hybridized carbons (Fsp3) is 0.340. The molecule has 4 N–H and O–H groups in total. The van der Waals surface area contributed by atoms with Crippen LogP contribution in [0.25, 0.3) is 21.5 Å². The lowest BCUT2D eigenvalue weighted by molar-refractivity contribution is -0.138. The molecule has 0 aliphatic carbocycles. The Kier molecular flexibility index (Phi) is 17.4. The van der Waals surface area contributed by atoms with Gasteiger partial charge in [0.2, 0.25) is 11.0 Å². The number of nitrogens with one attached hydrogen (secondary N) is 4. The number of benzene rings is 3. The van der Waals surface area contributed by atoms with E-state index in [1.54, 1.807) is 66.9 Å². The summed E-state index contributed by atoms with van der Waals surface area (Å²) in [6, 6.07) is 24.5. The number of para-hydroxylation sites is 2. The average Bonchev–Trinajstić information content (AvgIpc) is 4.41. The van der Waals surface area contributed by atoms with Crippen molar-refractivity contribution in [3.8, 4) is 17.0 Å². The number of hydrogen-bond acceptors (Lipinski definition) is 19. The van der Waals surface area contributed by atoms with Gasteiger partial charge in [-0.3, -0.25) is 44.2 Å². The van der Waals surface area contributed by atoms with Gasteiger partial charge in [-0.1, -0.05) is 41.7 Å². The molecule has 3 aliphatic heterocycles. The molecule has 0 unspecified atom stereocenters. The number of piperidine rings is 1. The minimum Gasteiger partial charge on any atom is -0.492 e. The molecule has 4 amide bonds. The van der Waals surface area contributed by atoms with Crippen LogP contribution in [0, 0.1) is 5.92 Å². The summed E-state index contributed by atoms with van der Waals surface area (Å²) in [6.07, 6.45) is 2.65. The Morgan fingerprint density at radius 2 is 1.71 bits per heavy atom. The van der Waals surface area contributed by atoms with E-state index < -0.39 is 15.9 Å². The first-order chi connectivity index (χ1) is 38.4. The minimum absolute atomic E-state index is 0.0296. The molecule has 0 spiro atoms. The molecule has 1 fully saturated rings. The second-order valence-corrected chi connectivity index (χ2v) is 23.4. The van der Waals surface area contributed by atoms with Gasteiger partial charge < -0.3 is 24.4 Å². The minimum atomic E-state index is -3.70. The van der Waals surface area contributed by atoms with Gasteiger partial charge >= 0.3 is 5.91 Å². The van der Waals surface area contributed by atoms with Crippen molar-refractivity contribution in [2.45, 2.75) is 50.4 Å². The summed E-state index contributed by atoms with van der Waals surface area (Å²) in [7, 11) is -3.70. The molecule has 79 heavy (non-hydrogen) atoms. The highest BCUT2D eigenvalue weighted by Gasteiger charge is 2.33. The summed E-state index contributed by atoms with van der Waals surface area (Å²) < 4.78 is 47.8. The first-order valence-electron chi connectivity index (χ1n) is 25.7. The van der Waals surface area contributed by atoms with Crippen LogP contribution in [-0.4, -0.2) is 139 Å². The fourth-order valence-electron chi connectivity index (χ4n) is 9.16. The number of carbonyl (C=O) groups excluding carboxylic acids is 4. The van der Waals surface area contributed by atoms with Crippen LogP contribution in [0.4, 0.5) is 21.6 Å². The predicted molar refractivity (Wildman–Crippen MR) is 305 cm³/mol. The number of amides is 4. The van der Waals surface area contributed by atoms with Crippen molar-refractivity contribution in [2.24, 2.45) is 16.1 Å². The van der Waals surface area contributed by atoms with Crippen LogP contribution in [0.2, 0.25) is 0 Å². The first-order valence-corrected chi connectivity index (χ1v) is 29.7. The number of carbonyl (C=O) groups is 4. The van der Waals surface area contributed by atoms with Crippen LogP contribution in [0.5, 0.6) is 5.75 Å². The zero-order valence-electron chi connectivity index (χ0n) is 43.3. The van der Waals surface area contributed by atoms with E-state index in [-0.39, 0.29) is 60.6 Å². The number of aromatic nitrogens is 4. The molecule has 4 aromatic heterocycles. The first kappa shape index (κ1) is 54.9. The number of hydrazone groups is 2. The lowest BCUT2D eigenvalue weighted by Crippen LogP contribution is -2.43. The van der Waals surface area contributed by atoms with Crippen molar-refractivity contribution < 1.29 is 41.8 Å². The van der Waals surface area contributed by atoms with Gasteiger partial charge in [0.05, 0.1) is 65.1 Å². The Morgan fingerprint density at radius 1 is 0.886 bits per heavy atom. The number of sulfonamides is 1.